The highest BCUT2D eigenvalue weighted by Gasteiger charge is 2.21. The van der Waals surface area contributed by atoms with E-state index in [4.69, 9.17) is 9.15 Å². The number of hydrogen-bond donors (Lipinski definition) is 1. The molecule has 1 amide bonds. The number of rotatable bonds is 10. The normalized spacial score (nSPS) is 11.6. The van der Waals surface area contributed by atoms with E-state index in [1.54, 1.807) is 55.5 Å². The van der Waals surface area contributed by atoms with E-state index < -0.39 is 28.4 Å². The lowest BCUT2D eigenvalue weighted by Gasteiger charge is -2.21. The molecule has 190 valence electrons. The first-order valence-electron chi connectivity index (χ1n) is 11.4. The zero-order valence-electron chi connectivity index (χ0n) is 20.6. The Balaban J connectivity index is 1.62. The second kappa shape index (κ2) is 11.7. The second-order valence-electron chi connectivity index (χ2n) is 8.31. The molecule has 0 unspecified atom stereocenters. The fourth-order valence-corrected chi connectivity index (χ4v) is 4.18. The fraction of sp³-hybridized carbons (Fsp3) is 0.269. The van der Waals surface area contributed by atoms with E-state index in [1.807, 2.05) is 26.0 Å². The molecule has 36 heavy (non-hydrogen) atoms. The average molecular weight is 512 g/mol. The van der Waals surface area contributed by atoms with Gasteiger partial charge in [0.1, 0.15) is 18.1 Å². The van der Waals surface area contributed by atoms with Gasteiger partial charge in [0.15, 0.2) is 0 Å². The summed E-state index contributed by atoms with van der Waals surface area (Å²) in [7, 11) is -3.69. The number of nitrogens with zero attached hydrogens (tertiary/aromatic N) is 2. The Morgan fingerprint density at radius 2 is 1.72 bits per heavy atom. The number of hydrazone groups is 1. The molecule has 0 bridgehead atoms. The van der Waals surface area contributed by atoms with Gasteiger partial charge in [-0.1, -0.05) is 38.1 Å². The van der Waals surface area contributed by atoms with Gasteiger partial charge < -0.3 is 9.15 Å². The van der Waals surface area contributed by atoms with E-state index >= 15 is 0 Å². The van der Waals surface area contributed by atoms with Crippen LogP contribution in [0.2, 0.25) is 0 Å². The minimum Gasteiger partial charge on any atom is -0.462 e. The third kappa shape index (κ3) is 7.05. The fourth-order valence-electron chi connectivity index (χ4n) is 3.32. The first-order valence-corrected chi connectivity index (χ1v) is 13.2. The molecule has 0 spiro atoms. The van der Waals surface area contributed by atoms with Crippen LogP contribution in [0.5, 0.6) is 0 Å². The van der Waals surface area contributed by atoms with Crippen molar-refractivity contribution in [3.8, 4) is 11.3 Å². The molecule has 9 nitrogen and oxygen atoms in total. The standard InChI is InChI=1S/C26H29N3O6S/c1-5-34-26(31)21-8-6-20(7-9-21)24-15-14-23(35-24)16-27-28-25(30)17-29(36(4,32)33)22-12-10-19(11-13-22)18(2)3/h6-16,18H,5,17H2,1-4H3,(H,28,30)/b27-16-. The molecule has 0 aliphatic heterocycles. The third-order valence-corrected chi connectivity index (χ3v) is 6.36. The minimum atomic E-state index is -3.69. The van der Waals surface area contributed by atoms with Crippen molar-refractivity contribution in [1.29, 1.82) is 0 Å². The molecular formula is C26H29N3O6S. The number of amides is 1. The first kappa shape index (κ1) is 26.7. The van der Waals surface area contributed by atoms with Crippen LogP contribution in [0, 0.1) is 0 Å². The molecule has 10 heteroatoms. The van der Waals surface area contributed by atoms with Crippen LogP contribution < -0.4 is 9.73 Å². The van der Waals surface area contributed by atoms with Gasteiger partial charge in [0, 0.05) is 5.56 Å². The van der Waals surface area contributed by atoms with Crippen molar-refractivity contribution in [1.82, 2.24) is 5.43 Å². The monoisotopic (exact) mass is 511 g/mol. The Kier molecular flexibility index (Phi) is 8.65. The zero-order valence-corrected chi connectivity index (χ0v) is 21.4. The maximum absolute atomic E-state index is 12.4. The molecule has 1 N–H and O–H groups in total. The molecule has 0 radical (unpaired) electrons. The number of furan rings is 1. The van der Waals surface area contributed by atoms with Crippen LogP contribution >= 0.6 is 0 Å². The van der Waals surface area contributed by atoms with Gasteiger partial charge in [-0.15, -0.1) is 0 Å². The number of esters is 1. The van der Waals surface area contributed by atoms with E-state index in [1.165, 1.54) is 6.21 Å². The van der Waals surface area contributed by atoms with E-state index in [0.717, 1.165) is 21.7 Å². The summed E-state index contributed by atoms with van der Waals surface area (Å²) in [5.41, 5.74) is 4.97. The molecule has 0 aliphatic rings. The van der Waals surface area contributed by atoms with Crippen molar-refractivity contribution < 1.29 is 27.2 Å². The zero-order chi connectivity index (χ0) is 26.3. The van der Waals surface area contributed by atoms with E-state index in [-0.39, 0.29) is 0 Å². The van der Waals surface area contributed by atoms with Crippen LogP contribution in [0.25, 0.3) is 11.3 Å². The van der Waals surface area contributed by atoms with Crippen LogP contribution in [-0.4, -0.2) is 45.9 Å². The van der Waals surface area contributed by atoms with E-state index in [9.17, 15) is 18.0 Å². The maximum atomic E-state index is 12.4. The molecule has 0 fully saturated rings. The summed E-state index contributed by atoms with van der Waals surface area (Å²) in [6.45, 7) is 5.70. The third-order valence-electron chi connectivity index (χ3n) is 5.22. The van der Waals surface area contributed by atoms with Crippen molar-refractivity contribution in [3.05, 3.63) is 77.6 Å². The number of ether oxygens (including phenoxy) is 1. The highest BCUT2D eigenvalue weighted by molar-refractivity contribution is 7.92. The van der Waals surface area contributed by atoms with Crippen LogP contribution in [0.4, 0.5) is 5.69 Å². The second-order valence-corrected chi connectivity index (χ2v) is 10.2. The number of benzene rings is 2. The van der Waals surface area contributed by atoms with Gasteiger partial charge in [-0.05, 0) is 54.8 Å². The number of nitrogens with one attached hydrogen (secondary N) is 1. The number of hydrogen-bond acceptors (Lipinski definition) is 7. The molecule has 2 aromatic carbocycles. The van der Waals surface area contributed by atoms with Gasteiger partial charge >= 0.3 is 5.97 Å². The van der Waals surface area contributed by atoms with Crippen molar-refractivity contribution in [2.24, 2.45) is 5.10 Å². The first-order chi connectivity index (χ1) is 17.1. The highest BCUT2D eigenvalue weighted by Crippen LogP contribution is 2.23. The topological polar surface area (TPSA) is 118 Å². The Labute approximate surface area is 210 Å². The largest absolute Gasteiger partial charge is 0.462 e. The average Bonchev–Trinajstić information content (AvgIpc) is 3.31. The highest BCUT2D eigenvalue weighted by atomic mass is 32.2. The molecule has 0 aliphatic carbocycles. The maximum Gasteiger partial charge on any atom is 0.338 e. The summed E-state index contributed by atoms with van der Waals surface area (Å²) in [6.07, 6.45) is 2.36. The Bertz CT molecular complexity index is 1330. The van der Waals surface area contributed by atoms with Crippen LogP contribution in [-0.2, 0) is 19.6 Å². The van der Waals surface area contributed by atoms with Gasteiger partial charge in [-0.2, -0.15) is 5.10 Å². The van der Waals surface area contributed by atoms with Crippen molar-refractivity contribution in [2.45, 2.75) is 26.7 Å². The lowest BCUT2D eigenvalue weighted by molar-refractivity contribution is -0.119. The Hall–Kier alpha value is -3.92. The lowest BCUT2D eigenvalue weighted by Crippen LogP contribution is -2.39. The smallest absolute Gasteiger partial charge is 0.338 e. The predicted molar refractivity (Wildman–Crippen MR) is 139 cm³/mol. The molecule has 3 rings (SSSR count). The predicted octanol–water partition coefficient (Wildman–Crippen LogP) is 4.16. The Morgan fingerprint density at radius 3 is 2.31 bits per heavy atom. The number of carbonyl (C=O) groups excluding carboxylic acids is 2. The van der Waals surface area contributed by atoms with Gasteiger partial charge in [-0.25, -0.2) is 18.6 Å². The van der Waals surface area contributed by atoms with Gasteiger partial charge in [0.05, 0.1) is 30.3 Å². The summed E-state index contributed by atoms with van der Waals surface area (Å²) < 4.78 is 36.3. The van der Waals surface area contributed by atoms with Crippen LogP contribution in [0.1, 0.15) is 48.4 Å². The molecule has 0 saturated carbocycles. The van der Waals surface area contributed by atoms with Crippen molar-refractivity contribution in [3.63, 3.8) is 0 Å². The number of sulfonamides is 1. The summed E-state index contributed by atoms with van der Waals surface area (Å²) in [5.74, 6) is 0.227. The summed E-state index contributed by atoms with van der Waals surface area (Å²) in [6, 6.07) is 17.2. The SMILES string of the molecule is CCOC(=O)c1ccc(-c2ccc(/C=N\NC(=O)CN(c3ccc(C(C)C)cc3)S(C)(=O)=O)o2)cc1. The summed E-state index contributed by atoms with van der Waals surface area (Å²) in [4.78, 5) is 24.2. The van der Waals surface area contributed by atoms with Crippen LogP contribution in [0.15, 0.2) is 70.2 Å². The van der Waals surface area contributed by atoms with Gasteiger partial charge in [0.25, 0.3) is 5.91 Å². The minimum absolute atomic E-state index is 0.300. The van der Waals surface area contributed by atoms with Crippen molar-refractivity contribution in [2.75, 3.05) is 23.7 Å². The number of carbonyl (C=O) groups is 2. The molecule has 1 aromatic heterocycles. The summed E-state index contributed by atoms with van der Waals surface area (Å²) in [5, 5.41) is 3.87. The number of anilines is 1. The molecule has 3 aromatic rings. The van der Waals surface area contributed by atoms with Crippen LogP contribution in [0.3, 0.4) is 0 Å². The van der Waals surface area contributed by atoms with Gasteiger partial charge in [0.2, 0.25) is 10.0 Å². The lowest BCUT2D eigenvalue weighted by atomic mass is 10.0. The summed E-state index contributed by atoms with van der Waals surface area (Å²) >= 11 is 0. The van der Waals surface area contributed by atoms with Gasteiger partial charge in [-0.3, -0.25) is 9.10 Å². The van der Waals surface area contributed by atoms with Crippen molar-refractivity contribution >= 4 is 33.8 Å². The van der Waals surface area contributed by atoms with E-state index in [0.29, 0.717) is 35.3 Å². The molecule has 1 heterocycles. The Morgan fingerprint density at radius 1 is 1.06 bits per heavy atom. The quantitative estimate of drug-likeness (QED) is 0.248. The molecule has 0 atom stereocenters. The molecular weight excluding hydrogens is 482 g/mol. The molecule has 0 saturated heterocycles. The van der Waals surface area contributed by atoms with E-state index in [2.05, 4.69) is 10.5 Å².